The molecule has 0 aliphatic carbocycles. The Kier molecular flexibility index (Phi) is 6.07. The molecule has 0 amide bonds. The second-order valence-electron chi connectivity index (χ2n) is 8.23. The van der Waals surface area contributed by atoms with Gasteiger partial charge in [0.25, 0.3) is 0 Å². The van der Waals surface area contributed by atoms with Gasteiger partial charge in [0, 0.05) is 36.9 Å². The van der Waals surface area contributed by atoms with E-state index in [1.54, 1.807) is 16.8 Å². The molecule has 2 heterocycles. The molecule has 1 aliphatic heterocycles. The number of halogens is 1. The number of aliphatic hydroxyl groups is 1. The summed E-state index contributed by atoms with van der Waals surface area (Å²) in [5.41, 5.74) is 3.27. The SMILES string of the molecule is OC[C@@]1(CCc2ccccc2)CCCN(Cc2cnn(-c3ccc(F)cc3)c2)C1. The summed E-state index contributed by atoms with van der Waals surface area (Å²) >= 11 is 0. The molecule has 1 atom stereocenters. The zero-order valence-corrected chi connectivity index (χ0v) is 16.7. The Morgan fingerprint density at radius 1 is 1.03 bits per heavy atom. The van der Waals surface area contributed by atoms with Gasteiger partial charge in [-0.15, -0.1) is 0 Å². The second-order valence-corrected chi connectivity index (χ2v) is 8.23. The molecule has 1 fully saturated rings. The number of aryl methyl sites for hydroxylation is 1. The molecule has 0 spiro atoms. The lowest BCUT2D eigenvalue weighted by atomic mass is 9.76. The van der Waals surface area contributed by atoms with Crippen LogP contribution in [0.4, 0.5) is 4.39 Å². The molecule has 1 aliphatic rings. The van der Waals surface area contributed by atoms with Crippen molar-refractivity contribution in [2.45, 2.75) is 32.2 Å². The van der Waals surface area contributed by atoms with Gasteiger partial charge in [0.2, 0.25) is 0 Å². The van der Waals surface area contributed by atoms with Crippen LogP contribution in [0.1, 0.15) is 30.4 Å². The van der Waals surface area contributed by atoms with E-state index in [0.29, 0.717) is 0 Å². The van der Waals surface area contributed by atoms with Crippen LogP contribution in [0.25, 0.3) is 5.69 Å². The molecule has 0 unspecified atom stereocenters. The molecule has 29 heavy (non-hydrogen) atoms. The lowest BCUT2D eigenvalue weighted by molar-refractivity contribution is 0.0224. The molecule has 4 rings (SSSR count). The topological polar surface area (TPSA) is 41.3 Å². The average Bonchev–Trinajstić information content (AvgIpc) is 3.22. The normalized spacial score (nSPS) is 20.1. The summed E-state index contributed by atoms with van der Waals surface area (Å²) in [6.45, 7) is 2.98. The summed E-state index contributed by atoms with van der Waals surface area (Å²) in [6, 6.07) is 16.9. The third kappa shape index (κ3) is 4.92. The first-order chi connectivity index (χ1) is 14.2. The molecule has 0 saturated carbocycles. The van der Waals surface area contributed by atoms with E-state index >= 15 is 0 Å². The minimum Gasteiger partial charge on any atom is -0.396 e. The van der Waals surface area contributed by atoms with Crippen LogP contribution in [0, 0.1) is 11.2 Å². The number of rotatable bonds is 7. The van der Waals surface area contributed by atoms with Gasteiger partial charge < -0.3 is 5.11 Å². The molecule has 2 aromatic carbocycles. The van der Waals surface area contributed by atoms with Crippen molar-refractivity contribution in [1.82, 2.24) is 14.7 Å². The second kappa shape index (κ2) is 8.89. The molecule has 1 N–H and O–H groups in total. The van der Waals surface area contributed by atoms with Crippen LogP contribution in [-0.4, -0.2) is 39.5 Å². The Morgan fingerprint density at radius 2 is 1.83 bits per heavy atom. The first-order valence-electron chi connectivity index (χ1n) is 10.3. The molecular formula is C24H28FN3O. The van der Waals surface area contributed by atoms with E-state index in [1.807, 2.05) is 18.5 Å². The van der Waals surface area contributed by atoms with Gasteiger partial charge in [0.15, 0.2) is 0 Å². The van der Waals surface area contributed by atoms with Crippen LogP contribution in [0.2, 0.25) is 0 Å². The smallest absolute Gasteiger partial charge is 0.123 e. The van der Waals surface area contributed by atoms with Gasteiger partial charge in [-0.25, -0.2) is 9.07 Å². The Morgan fingerprint density at radius 3 is 2.59 bits per heavy atom. The highest BCUT2D eigenvalue weighted by Crippen LogP contribution is 2.35. The highest BCUT2D eigenvalue weighted by atomic mass is 19.1. The zero-order valence-electron chi connectivity index (χ0n) is 16.7. The van der Waals surface area contributed by atoms with Crippen molar-refractivity contribution in [2.75, 3.05) is 19.7 Å². The molecule has 152 valence electrons. The largest absolute Gasteiger partial charge is 0.396 e. The number of aliphatic hydroxyl groups excluding tert-OH is 1. The molecule has 4 nitrogen and oxygen atoms in total. The summed E-state index contributed by atoms with van der Waals surface area (Å²) in [4.78, 5) is 2.43. The van der Waals surface area contributed by atoms with Gasteiger partial charge in [-0.1, -0.05) is 30.3 Å². The number of benzene rings is 2. The molecule has 1 saturated heterocycles. The Hall–Kier alpha value is -2.50. The van der Waals surface area contributed by atoms with Crippen LogP contribution < -0.4 is 0 Å². The Labute approximate surface area is 171 Å². The quantitative estimate of drug-likeness (QED) is 0.653. The number of hydrogen-bond acceptors (Lipinski definition) is 3. The van der Waals surface area contributed by atoms with Crippen LogP contribution in [0.5, 0.6) is 0 Å². The minimum absolute atomic E-state index is 0.0406. The van der Waals surface area contributed by atoms with E-state index in [2.05, 4.69) is 34.3 Å². The van der Waals surface area contributed by atoms with Crippen LogP contribution >= 0.6 is 0 Å². The number of aromatic nitrogens is 2. The monoisotopic (exact) mass is 393 g/mol. The highest BCUT2D eigenvalue weighted by Gasteiger charge is 2.34. The van der Waals surface area contributed by atoms with E-state index in [0.717, 1.165) is 56.6 Å². The fourth-order valence-electron chi connectivity index (χ4n) is 4.35. The highest BCUT2D eigenvalue weighted by molar-refractivity contribution is 5.31. The van der Waals surface area contributed by atoms with Crippen molar-refractivity contribution in [3.05, 3.63) is 83.9 Å². The predicted molar refractivity (Wildman–Crippen MR) is 112 cm³/mol. The number of hydrogen-bond donors (Lipinski definition) is 1. The standard InChI is InChI=1S/C24H28FN3O/c25-22-7-9-23(10-8-22)28-17-21(15-26-28)16-27-14-4-12-24(18-27,19-29)13-11-20-5-2-1-3-6-20/h1-3,5-10,15,17,29H,4,11-14,16,18-19H2/t24-/m1/s1. The van der Waals surface area contributed by atoms with Crippen molar-refractivity contribution in [3.63, 3.8) is 0 Å². The summed E-state index contributed by atoms with van der Waals surface area (Å²) in [5.74, 6) is -0.245. The lowest BCUT2D eigenvalue weighted by Crippen LogP contribution is -2.45. The molecule has 0 radical (unpaired) electrons. The lowest BCUT2D eigenvalue weighted by Gasteiger charge is -2.42. The van der Waals surface area contributed by atoms with E-state index in [4.69, 9.17) is 0 Å². The Bertz CT molecular complexity index is 909. The third-order valence-corrected chi connectivity index (χ3v) is 6.00. The number of nitrogens with zero attached hydrogens (tertiary/aromatic N) is 3. The van der Waals surface area contributed by atoms with Crippen LogP contribution in [0.3, 0.4) is 0 Å². The maximum absolute atomic E-state index is 13.1. The van der Waals surface area contributed by atoms with Crippen molar-refractivity contribution in [2.24, 2.45) is 5.41 Å². The fraction of sp³-hybridized carbons (Fsp3) is 0.375. The number of piperidine rings is 1. The van der Waals surface area contributed by atoms with E-state index in [1.165, 1.54) is 17.7 Å². The van der Waals surface area contributed by atoms with E-state index in [-0.39, 0.29) is 17.8 Å². The zero-order chi connectivity index (χ0) is 20.1. The molecule has 1 aromatic heterocycles. The average molecular weight is 394 g/mol. The van der Waals surface area contributed by atoms with Gasteiger partial charge in [0.05, 0.1) is 11.9 Å². The maximum atomic E-state index is 13.1. The van der Waals surface area contributed by atoms with Gasteiger partial charge in [-0.3, -0.25) is 4.90 Å². The maximum Gasteiger partial charge on any atom is 0.123 e. The summed E-state index contributed by atoms with van der Waals surface area (Å²) in [6.07, 6.45) is 8.05. The van der Waals surface area contributed by atoms with Gasteiger partial charge in [-0.05, 0) is 62.1 Å². The molecular weight excluding hydrogens is 365 g/mol. The third-order valence-electron chi connectivity index (χ3n) is 6.00. The van der Waals surface area contributed by atoms with E-state index < -0.39 is 0 Å². The molecule has 0 bridgehead atoms. The van der Waals surface area contributed by atoms with Crippen LogP contribution in [0.15, 0.2) is 67.0 Å². The molecule has 3 aromatic rings. The van der Waals surface area contributed by atoms with Gasteiger partial charge >= 0.3 is 0 Å². The summed E-state index contributed by atoms with van der Waals surface area (Å²) in [5, 5.41) is 14.6. The van der Waals surface area contributed by atoms with Crippen molar-refractivity contribution >= 4 is 0 Å². The summed E-state index contributed by atoms with van der Waals surface area (Å²) < 4.78 is 14.9. The van der Waals surface area contributed by atoms with Crippen LogP contribution in [-0.2, 0) is 13.0 Å². The van der Waals surface area contributed by atoms with Gasteiger partial charge in [-0.2, -0.15) is 5.10 Å². The first kappa shape index (κ1) is 19.8. The van der Waals surface area contributed by atoms with Gasteiger partial charge in [0.1, 0.15) is 5.82 Å². The minimum atomic E-state index is -0.245. The predicted octanol–water partition coefficient (Wildman–Crippen LogP) is 4.22. The first-order valence-corrected chi connectivity index (χ1v) is 10.3. The van der Waals surface area contributed by atoms with E-state index in [9.17, 15) is 9.50 Å². The summed E-state index contributed by atoms with van der Waals surface area (Å²) in [7, 11) is 0. The fourth-order valence-corrected chi connectivity index (χ4v) is 4.35. The van der Waals surface area contributed by atoms with Crippen molar-refractivity contribution in [1.29, 1.82) is 0 Å². The molecule has 5 heteroatoms. The van der Waals surface area contributed by atoms with Crippen molar-refractivity contribution in [3.8, 4) is 5.69 Å². The number of likely N-dealkylation sites (tertiary alicyclic amines) is 1. The van der Waals surface area contributed by atoms with Crippen molar-refractivity contribution < 1.29 is 9.50 Å². The Balaban J connectivity index is 1.39.